The molecule has 0 fully saturated rings. The quantitative estimate of drug-likeness (QED) is 0.657. The van der Waals surface area contributed by atoms with Crippen LogP contribution in [0.1, 0.15) is 27.9 Å². The number of aryl methyl sites for hydroxylation is 2. The van der Waals surface area contributed by atoms with Crippen LogP contribution < -0.4 is 20.9 Å². The fourth-order valence-corrected chi connectivity index (χ4v) is 4.80. The molecule has 0 aliphatic carbocycles. The number of nitrogens with zero attached hydrogens (tertiary/aromatic N) is 2. The molecule has 2 aromatic carbocycles. The Morgan fingerprint density at radius 2 is 1.91 bits per heavy atom. The minimum Gasteiger partial charge on any atom is -0.440 e. The molecule has 1 amide bonds. The number of nitrogens with two attached hydrogens (primary N) is 1. The van der Waals surface area contributed by atoms with Crippen molar-refractivity contribution in [1.29, 1.82) is 5.26 Å². The van der Waals surface area contributed by atoms with Crippen molar-refractivity contribution in [2.75, 3.05) is 4.90 Å². The number of aromatic nitrogens is 1. The highest BCUT2D eigenvalue weighted by molar-refractivity contribution is 6.14. The average molecular weight is 424 g/mol. The summed E-state index contributed by atoms with van der Waals surface area (Å²) in [6.07, 6.45) is 0. The van der Waals surface area contributed by atoms with Gasteiger partial charge in [0.2, 0.25) is 11.8 Å². The molecule has 5 rings (SSSR count). The van der Waals surface area contributed by atoms with E-state index in [-0.39, 0.29) is 29.3 Å². The van der Waals surface area contributed by atoms with Crippen molar-refractivity contribution < 1.29 is 9.53 Å². The van der Waals surface area contributed by atoms with Crippen LogP contribution in [0, 0.1) is 25.2 Å². The summed E-state index contributed by atoms with van der Waals surface area (Å²) in [6.45, 7) is 3.99. The van der Waals surface area contributed by atoms with Crippen molar-refractivity contribution in [3.8, 4) is 11.8 Å². The maximum Gasteiger partial charge on any atom is 0.256 e. The molecular formula is C25H20N4O3. The van der Waals surface area contributed by atoms with Gasteiger partial charge in [-0.15, -0.1) is 0 Å². The Labute approximate surface area is 184 Å². The molecule has 1 atom stereocenters. The van der Waals surface area contributed by atoms with Gasteiger partial charge >= 0.3 is 0 Å². The zero-order valence-corrected chi connectivity index (χ0v) is 17.6. The highest BCUT2D eigenvalue weighted by Crippen LogP contribution is 2.54. The van der Waals surface area contributed by atoms with Crippen LogP contribution in [0.2, 0.25) is 0 Å². The predicted octanol–water partition coefficient (Wildman–Crippen LogP) is 2.91. The summed E-state index contributed by atoms with van der Waals surface area (Å²) in [4.78, 5) is 31.8. The molecule has 7 nitrogen and oxygen atoms in total. The Morgan fingerprint density at radius 3 is 2.66 bits per heavy atom. The van der Waals surface area contributed by atoms with Crippen LogP contribution in [0.15, 0.2) is 70.8 Å². The second-order valence-corrected chi connectivity index (χ2v) is 8.12. The van der Waals surface area contributed by atoms with Crippen LogP contribution in [0.5, 0.6) is 5.75 Å². The van der Waals surface area contributed by atoms with E-state index in [0.717, 1.165) is 11.1 Å². The number of carbonyl (C=O) groups is 1. The van der Waals surface area contributed by atoms with E-state index >= 15 is 0 Å². The lowest BCUT2D eigenvalue weighted by Gasteiger charge is -2.33. The van der Waals surface area contributed by atoms with Gasteiger partial charge < -0.3 is 20.4 Å². The van der Waals surface area contributed by atoms with Crippen LogP contribution in [-0.4, -0.2) is 10.9 Å². The fraction of sp³-hybridized carbons (Fsp3) is 0.160. The standard InChI is InChI=1S/C25H20N4O3/c1-14-6-5-7-16(10-14)13-29-19-9-4-3-8-17(19)25(24(29)31)18(12-26)22(27)32-20-11-15(2)28-23(30)21(20)25/h3-11H,13,27H2,1-2H3,(H,28,30). The maximum absolute atomic E-state index is 14.2. The van der Waals surface area contributed by atoms with Crippen molar-refractivity contribution in [3.63, 3.8) is 0 Å². The molecule has 0 bridgehead atoms. The Bertz CT molecular complexity index is 1430. The van der Waals surface area contributed by atoms with Crippen LogP contribution >= 0.6 is 0 Å². The van der Waals surface area contributed by atoms with Gasteiger partial charge in [-0.05, 0) is 25.5 Å². The lowest BCUT2D eigenvalue weighted by atomic mass is 9.69. The van der Waals surface area contributed by atoms with Gasteiger partial charge in [-0.2, -0.15) is 5.26 Å². The predicted molar refractivity (Wildman–Crippen MR) is 119 cm³/mol. The summed E-state index contributed by atoms with van der Waals surface area (Å²) in [5, 5.41) is 10.1. The van der Waals surface area contributed by atoms with Crippen molar-refractivity contribution in [3.05, 3.63) is 104 Å². The van der Waals surface area contributed by atoms with E-state index in [1.54, 1.807) is 30.0 Å². The number of nitriles is 1. The number of fused-ring (bicyclic) bond motifs is 4. The number of rotatable bonds is 2. The third-order valence-corrected chi connectivity index (χ3v) is 6.05. The number of hydrogen-bond acceptors (Lipinski definition) is 5. The second kappa shape index (κ2) is 6.86. The zero-order chi connectivity index (χ0) is 22.6. The fourth-order valence-electron chi connectivity index (χ4n) is 4.80. The Hall–Kier alpha value is -4.31. The molecule has 3 heterocycles. The van der Waals surface area contributed by atoms with Crippen LogP contribution in [-0.2, 0) is 16.8 Å². The number of anilines is 1. The van der Waals surface area contributed by atoms with Crippen molar-refractivity contribution in [1.82, 2.24) is 4.98 Å². The average Bonchev–Trinajstić information content (AvgIpc) is 2.97. The first-order chi connectivity index (χ1) is 15.4. The van der Waals surface area contributed by atoms with E-state index in [0.29, 0.717) is 16.9 Å². The molecule has 7 heteroatoms. The molecule has 2 aliphatic rings. The minimum atomic E-state index is -1.67. The summed E-state index contributed by atoms with van der Waals surface area (Å²) in [5.74, 6) is -0.396. The summed E-state index contributed by atoms with van der Waals surface area (Å²) in [6, 6.07) is 18.7. The topological polar surface area (TPSA) is 112 Å². The lowest BCUT2D eigenvalue weighted by Crippen LogP contribution is -2.48. The molecule has 0 saturated heterocycles. The smallest absolute Gasteiger partial charge is 0.256 e. The summed E-state index contributed by atoms with van der Waals surface area (Å²) in [7, 11) is 0. The lowest BCUT2D eigenvalue weighted by molar-refractivity contribution is -0.121. The number of hydrogen-bond donors (Lipinski definition) is 2. The molecule has 1 spiro atoms. The largest absolute Gasteiger partial charge is 0.440 e. The zero-order valence-electron chi connectivity index (χ0n) is 17.6. The summed E-state index contributed by atoms with van der Waals surface area (Å²) in [5.41, 5.74) is 7.73. The van der Waals surface area contributed by atoms with Gasteiger partial charge in [-0.1, -0.05) is 48.0 Å². The van der Waals surface area contributed by atoms with Gasteiger partial charge in [0, 0.05) is 23.0 Å². The van der Waals surface area contributed by atoms with Gasteiger partial charge in [-0.3, -0.25) is 9.59 Å². The highest BCUT2D eigenvalue weighted by Gasteiger charge is 2.60. The van der Waals surface area contributed by atoms with Crippen molar-refractivity contribution >= 4 is 11.6 Å². The number of benzene rings is 2. The Kier molecular flexibility index (Phi) is 4.21. The van der Waals surface area contributed by atoms with E-state index in [9.17, 15) is 14.9 Å². The SMILES string of the molecule is Cc1cccc(CN2C(=O)C3(C(C#N)=C(N)Oc4cc(C)[nH]c(=O)c43)c3ccccc32)c1. The summed E-state index contributed by atoms with van der Waals surface area (Å²) < 4.78 is 5.66. The van der Waals surface area contributed by atoms with Gasteiger partial charge in [0.05, 0.1) is 12.1 Å². The van der Waals surface area contributed by atoms with Crippen molar-refractivity contribution in [2.45, 2.75) is 25.8 Å². The molecule has 32 heavy (non-hydrogen) atoms. The number of pyridine rings is 1. The van der Waals surface area contributed by atoms with Crippen molar-refractivity contribution in [2.24, 2.45) is 5.73 Å². The first kappa shape index (κ1) is 19.6. The monoisotopic (exact) mass is 424 g/mol. The van der Waals surface area contributed by atoms with Gasteiger partial charge in [0.15, 0.2) is 5.41 Å². The Morgan fingerprint density at radius 1 is 1.12 bits per heavy atom. The number of carbonyl (C=O) groups excluding carboxylic acids is 1. The van der Waals surface area contributed by atoms with E-state index in [1.165, 1.54) is 0 Å². The molecule has 0 radical (unpaired) electrons. The normalized spacial score (nSPS) is 18.9. The first-order valence-electron chi connectivity index (χ1n) is 10.2. The van der Waals surface area contributed by atoms with E-state index in [2.05, 4.69) is 11.1 Å². The number of amides is 1. The molecule has 158 valence electrons. The number of ether oxygens (including phenoxy) is 1. The second-order valence-electron chi connectivity index (χ2n) is 8.12. The van der Waals surface area contributed by atoms with Gasteiger partial charge in [0.25, 0.3) is 5.56 Å². The molecule has 3 N–H and O–H groups in total. The molecular weight excluding hydrogens is 404 g/mol. The third-order valence-electron chi connectivity index (χ3n) is 6.05. The third kappa shape index (κ3) is 2.53. The molecule has 1 aromatic heterocycles. The first-order valence-corrected chi connectivity index (χ1v) is 10.2. The number of nitrogens with one attached hydrogen (secondary N) is 1. The van der Waals surface area contributed by atoms with Gasteiger partial charge in [0.1, 0.15) is 17.4 Å². The van der Waals surface area contributed by atoms with E-state index in [1.807, 2.05) is 43.3 Å². The van der Waals surface area contributed by atoms with Crippen LogP contribution in [0.4, 0.5) is 5.69 Å². The molecule has 2 aliphatic heterocycles. The van der Waals surface area contributed by atoms with E-state index in [4.69, 9.17) is 10.5 Å². The molecule has 1 unspecified atom stereocenters. The van der Waals surface area contributed by atoms with Gasteiger partial charge in [-0.25, -0.2) is 0 Å². The van der Waals surface area contributed by atoms with E-state index < -0.39 is 16.9 Å². The van der Waals surface area contributed by atoms with Crippen LogP contribution in [0.25, 0.3) is 0 Å². The summed E-state index contributed by atoms with van der Waals surface area (Å²) >= 11 is 0. The number of para-hydroxylation sites is 1. The molecule has 3 aromatic rings. The molecule has 0 saturated carbocycles. The number of H-pyrrole nitrogens is 1. The van der Waals surface area contributed by atoms with Crippen LogP contribution in [0.3, 0.4) is 0 Å². The highest BCUT2D eigenvalue weighted by atomic mass is 16.5. The maximum atomic E-state index is 14.2. The Balaban J connectivity index is 1.82. The number of aromatic amines is 1. The minimum absolute atomic E-state index is 0.0801.